The van der Waals surface area contributed by atoms with E-state index in [-0.39, 0.29) is 5.82 Å². The molecule has 1 unspecified atom stereocenters. The van der Waals surface area contributed by atoms with Gasteiger partial charge in [-0.1, -0.05) is 12.1 Å². The highest BCUT2D eigenvalue weighted by atomic mass is 19.1. The Morgan fingerprint density at radius 3 is 2.79 bits per heavy atom. The minimum Gasteiger partial charge on any atom is -0.361 e. The molecule has 2 N–H and O–H groups in total. The third kappa shape index (κ3) is 5.02. The Hall–Kier alpha value is -2.96. The van der Waals surface area contributed by atoms with Crippen molar-refractivity contribution in [1.82, 2.24) is 24.8 Å². The number of aryl methyl sites for hydroxylation is 2. The van der Waals surface area contributed by atoms with Crippen molar-refractivity contribution in [2.75, 3.05) is 26.2 Å². The number of rotatable bonds is 8. The van der Waals surface area contributed by atoms with E-state index >= 15 is 0 Å². The first-order valence-corrected chi connectivity index (χ1v) is 12.0. The predicted octanol–water partition coefficient (Wildman–Crippen LogP) is 4.64. The van der Waals surface area contributed by atoms with Gasteiger partial charge in [0.15, 0.2) is 0 Å². The molecule has 172 valence electrons. The van der Waals surface area contributed by atoms with Crippen LogP contribution in [0.4, 0.5) is 4.39 Å². The smallest absolute Gasteiger partial charge is 0.123 e. The van der Waals surface area contributed by atoms with Crippen LogP contribution in [-0.4, -0.2) is 51.7 Å². The molecule has 1 aliphatic rings. The number of hydrogen-bond donors (Lipinski definition) is 2. The second-order valence-electron chi connectivity index (χ2n) is 9.05. The second-order valence-corrected chi connectivity index (χ2v) is 9.05. The van der Waals surface area contributed by atoms with E-state index in [2.05, 4.69) is 55.2 Å². The van der Waals surface area contributed by atoms with Crippen molar-refractivity contribution < 1.29 is 4.39 Å². The molecule has 2 aromatic heterocycles. The van der Waals surface area contributed by atoms with Gasteiger partial charge in [-0.3, -0.25) is 4.90 Å². The van der Waals surface area contributed by atoms with Gasteiger partial charge in [0.1, 0.15) is 11.6 Å². The Labute approximate surface area is 194 Å². The molecular formula is C27H32FN5. The first kappa shape index (κ1) is 21.9. The van der Waals surface area contributed by atoms with Gasteiger partial charge in [-0.25, -0.2) is 9.37 Å². The Morgan fingerprint density at radius 2 is 2.00 bits per heavy atom. The van der Waals surface area contributed by atoms with Crippen LogP contribution in [0.3, 0.4) is 0 Å². The minimum atomic E-state index is -0.144. The average molecular weight is 446 g/mol. The van der Waals surface area contributed by atoms with Crippen molar-refractivity contribution in [2.24, 2.45) is 0 Å². The number of aromatic amines is 1. The molecule has 1 atom stereocenters. The second kappa shape index (κ2) is 9.89. The largest absolute Gasteiger partial charge is 0.361 e. The van der Waals surface area contributed by atoms with E-state index in [1.807, 2.05) is 25.4 Å². The molecule has 5 rings (SSSR count). The number of benzene rings is 2. The van der Waals surface area contributed by atoms with Crippen molar-refractivity contribution in [3.63, 3.8) is 0 Å². The van der Waals surface area contributed by atoms with Crippen LogP contribution in [0, 0.1) is 12.7 Å². The van der Waals surface area contributed by atoms with Crippen LogP contribution in [0.1, 0.15) is 29.8 Å². The molecule has 0 spiro atoms. The monoisotopic (exact) mass is 445 g/mol. The maximum Gasteiger partial charge on any atom is 0.123 e. The summed E-state index contributed by atoms with van der Waals surface area (Å²) < 4.78 is 15.9. The summed E-state index contributed by atoms with van der Waals surface area (Å²) in [5, 5.41) is 4.73. The SMILES string of the molecule is Cc1nccn1-c1ccc2[nH]cc(CCCC(Cc3cccc(F)c3)N3CCNCC3)c2c1. The summed E-state index contributed by atoms with van der Waals surface area (Å²) in [5.74, 6) is 0.844. The van der Waals surface area contributed by atoms with Crippen molar-refractivity contribution in [2.45, 2.75) is 38.6 Å². The molecule has 5 nitrogen and oxygen atoms in total. The van der Waals surface area contributed by atoms with E-state index in [0.29, 0.717) is 6.04 Å². The Morgan fingerprint density at radius 1 is 1.12 bits per heavy atom. The molecule has 0 bridgehead atoms. The topological polar surface area (TPSA) is 48.9 Å². The number of hydrogen-bond acceptors (Lipinski definition) is 3. The van der Waals surface area contributed by atoms with Gasteiger partial charge in [-0.15, -0.1) is 0 Å². The van der Waals surface area contributed by atoms with Crippen LogP contribution in [0.15, 0.2) is 61.1 Å². The fraction of sp³-hybridized carbons (Fsp3) is 0.370. The summed E-state index contributed by atoms with van der Waals surface area (Å²) in [6.45, 7) is 6.19. The van der Waals surface area contributed by atoms with Crippen LogP contribution in [0.25, 0.3) is 16.6 Å². The van der Waals surface area contributed by atoms with Crippen LogP contribution in [0.2, 0.25) is 0 Å². The molecule has 3 heterocycles. The van der Waals surface area contributed by atoms with Crippen LogP contribution >= 0.6 is 0 Å². The molecule has 0 radical (unpaired) electrons. The van der Waals surface area contributed by atoms with E-state index in [0.717, 1.165) is 68.9 Å². The molecule has 2 aromatic carbocycles. The minimum absolute atomic E-state index is 0.144. The van der Waals surface area contributed by atoms with E-state index in [1.54, 1.807) is 6.07 Å². The Balaban J connectivity index is 1.30. The summed E-state index contributed by atoms with van der Waals surface area (Å²) in [7, 11) is 0. The van der Waals surface area contributed by atoms with Gasteiger partial charge in [0.05, 0.1) is 0 Å². The third-order valence-corrected chi connectivity index (χ3v) is 6.87. The van der Waals surface area contributed by atoms with Gasteiger partial charge in [0.25, 0.3) is 0 Å². The molecule has 0 saturated carbocycles. The maximum absolute atomic E-state index is 13.8. The average Bonchev–Trinajstić information content (AvgIpc) is 3.44. The summed E-state index contributed by atoms with van der Waals surface area (Å²) >= 11 is 0. The van der Waals surface area contributed by atoms with Gasteiger partial charge >= 0.3 is 0 Å². The van der Waals surface area contributed by atoms with Gasteiger partial charge in [-0.2, -0.15) is 0 Å². The number of fused-ring (bicyclic) bond motifs is 1. The Kier molecular flexibility index (Phi) is 6.55. The first-order valence-electron chi connectivity index (χ1n) is 12.0. The lowest BCUT2D eigenvalue weighted by atomic mass is 9.97. The highest BCUT2D eigenvalue weighted by Gasteiger charge is 2.21. The number of nitrogens with zero attached hydrogens (tertiary/aromatic N) is 3. The van der Waals surface area contributed by atoms with Crippen molar-refractivity contribution >= 4 is 10.9 Å². The predicted molar refractivity (Wildman–Crippen MR) is 131 cm³/mol. The number of imidazole rings is 1. The van der Waals surface area contributed by atoms with E-state index in [1.165, 1.54) is 22.5 Å². The molecule has 33 heavy (non-hydrogen) atoms. The number of piperazine rings is 1. The van der Waals surface area contributed by atoms with Crippen LogP contribution in [-0.2, 0) is 12.8 Å². The number of nitrogens with one attached hydrogen (secondary N) is 2. The van der Waals surface area contributed by atoms with Gasteiger partial charge in [-0.05, 0) is 74.1 Å². The Bertz CT molecular complexity index is 1200. The summed E-state index contributed by atoms with van der Waals surface area (Å²) in [6, 6.07) is 14.1. The lowest BCUT2D eigenvalue weighted by Gasteiger charge is -2.35. The molecule has 0 aliphatic carbocycles. The first-order chi connectivity index (χ1) is 16.2. The van der Waals surface area contributed by atoms with Crippen molar-refractivity contribution in [1.29, 1.82) is 0 Å². The molecule has 0 amide bonds. The van der Waals surface area contributed by atoms with E-state index < -0.39 is 0 Å². The van der Waals surface area contributed by atoms with E-state index in [9.17, 15) is 4.39 Å². The van der Waals surface area contributed by atoms with Crippen molar-refractivity contribution in [3.8, 4) is 5.69 Å². The molecule has 6 heteroatoms. The zero-order valence-electron chi connectivity index (χ0n) is 19.2. The fourth-order valence-corrected chi connectivity index (χ4v) is 5.10. The van der Waals surface area contributed by atoms with Crippen LogP contribution < -0.4 is 5.32 Å². The van der Waals surface area contributed by atoms with E-state index in [4.69, 9.17) is 0 Å². The highest BCUT2D eigenvalue weighted by molar-refractivity contribution is 5.85. The standard InChI is InChI=1S/C27H32FN5/c1-20-30-12-15-33(20)25-8-9-27-26(18-25)22(19-31-27)5-3-7-24(32-13-10-29-11-14-32)17-21-4-2-6-23(28)16-21/h2,4,6,8-9,12,15-16,18-19,24,29,31H,3,5,7,10-11,13-14,17H2,1H3. The number of halogens is 1. The van der Waals surface area contributed by atoms with Gasteiger partial charge in [0.2, 0.25) is 0 Å². The zero-order chi connectivity index (χ0) is 22.6. The fourth-order valence-electron chi connectivity index (χ4n) is 5.10. The highest BCUT2D eigenvalue weighted by Crippen LogP contribution is 2.25. The zero-order valence-corrected chi connectivity index (χ0v) is 19.2. The lowest BCUT2D eigenvalue weighted by Crippen LogP contribution is -2.49. The molecule has 1 saturated heterocycles. The number of aromatic nitrogens is 3. The van der Waals surface area contributed by atoms with Gasteiger partial charge < -0.3 is 14.9 Å². The summed E-state index contributed by atoms with van der Waals surface area (Å²) in [5.41, 5.74) is 4.76. The third-order valence-electron chi connectivity index (χ3n) is 6.87. The van der Waals surface area contributed by atoms with Gasteiger partial charge in [0, 0.05) is 67.4 Å². The maximum atomic E-state index is 13.8. The molecular weight excluding hydrogens is 413 g/mol. The van der Waals surface area contributed by atoms with Crippen molar-refractivity contribution in [3.05, 3.63) is 83.8 Å². The lowest BCUT2D eigenvalue weighted by molar-refractivity contribution is 0.161. The normalized spacial score (nSPS) is 15.8. The summed E-state index contributed by atoms with van der Waals surface area (Å²) in [6.07, 6.45) is 10.1. The quantitative estimate of drug-likeness (QED) is 0.415. The number of H-pyrrole nitrogens is 1. The molecule has 1 aliphatic heterocycles. The summed E-state index contributed by atoms with van der Waals surface area (Å²) in [4.78, 5) is 10.4. The molecule has 1 fully saturated rings. The molecule has 4 aromatic rings. The van der Waals surface area contributed by atoms with Crippen LogP contribution in [0.5, 0.6) is 0 Å².